The molecule has 0 spiro atoms. The number of carbonyl (C=O) groups is 1. The molecule has 0 aromatic heterocycles. The second kappa shape index (κ2) is 9.93. The maximum Gasteiger partial charge on any atom is 0.308 e. The summed E-state index contributed by atoms with van der Waals surface area (Å²) >= 11 is 0. The zero-order valence-corrected chi connectivity index (χ0v) is 9.79. The minimum absolute atomic E-state index is 0.0780. The van der Waals surface area contributed by atoms with Crippen LogP contribution in [-0.4, -0.2) is 36.9 Å². The molecule has 90 valence electrons. The first kappa shape index (κ1) is 14.4. The molecule has 1 atom stereocenters. The Morgan fingerprint density at radius 1 is 1.40 bits per heavy atom. The molecule has 0 bridgehead atoms. The molecule has 0 radical (unpaired) electrons. The maximum absolute atomic E-state index is 11.0. The fourth-order valence-corrected chi connectivity index (χ4v) is 1.25. The van der Waals surface area contributed by atoms with Crippen LogP contribution in [0.1, 0.15) is 39.5 Å². The number of hydrogen-bond acceptors (Lipinski definition) is 4. The zero-order valence-electron chi connectivity index (χ0n) is 9.79. The highest BCUT2D eigenvalue weighted by Gasteiger charge is 2.10. The molecule has 15 heavy (non-hydrogen) atoms. The van der Waals surface area contributed by atoms with Crippen molar-refractivity contribution < 1.29 is 14.6 Å². The van der Waals surface area contributed by atoms with Crippen LogP contribution in [0.25, 0.3) is 0 Å². The fraction of sp³-hybridized carbons (Fsp3) is 0.909. The number of unbranched alkanes of at least 4 members (excludes halogenated alkanes) is 2. The molecule has 4 nitrogen and oxygen atoms in total. The van der Waals surface area contributed by atoms with Gasteiger partial charge in [-0.2, -0.15) is 0 Å². The quantitative estimate of drug-likeness (QED) is 0.448. The fourth-order valence-electron chi connectivity index (χ4n) is 1.25. The van der Waals surface area contributed by atoms with Gasteiger partial charge in [-0.25, -0.2) is 0 Å². The molecule has 0 aliphatic rings. The summed E-state index contributed by atoms with van der Waals surface area (Å²) in [5, 5.41) is 12.5. The monoisotopic (exact) mass is 217 g/mol. The topological polar surface area (TPSA) is 58.6 Å². The summed E-state index contributed by atoms with van der Waals surface area (Å²) in [6.45, 7) is 5.63. The molecular formula is C11H23NO3. The molecule has 0 saturated carbocycles. The number of aliphatic hydroxyl groups is 1. The van der Waals surface area contributed by atoms with E-state index >= 15 is 0 Å². The molecule has 0 aromatic carbocycles. The van der Waals surface area contributed by atoms with E-state index in [0.29, 0.717) is 13.2 Å². The van der Waals surface area contributed by atoms with Crippen LogP contribution < -0.4 is 5.32 Å². The van der Waals surface area contributed by atoms with Crippen molar-refractivity contribution in [3.8, 4) is 0 Å². The smallest absolute Gasteiger partial charge is 0.308 e. The highest BCUT2D eigenvalue weighted by atomic mass is 16.5. The predicted octanol–water partition coefficient (Wildman–Crippen LogP) is 1.08. The van der Waals surface area contributed by atoms with Crippen molar-refractivity contribution >= 4 is 5.97 Å². The third kappa shape index (κ3) is 9.69. The first-order chi connectivity index (χ1) is 7.20. The number of rotatable bonds is 9. The van der Waals surface area contributed by atoms with E-state index < -0.39 is 6.10 Å². The molecule has 0 fully saturated rings. The van der Waals surface area contributed by atoms with Gasteiger partial charge in [-0.05, 0) is 19.9 Å². The maximum atomic E-state index is 11.0. The van der Waals surface area contributed by atoms with Crippen molar-refractivity contribution in [3.63, 3.8) is 0 Å². The summed E-state index contributed by atoms with van der Waals surface area (Å²) in [4.78, 5) is 11.0. The average Bonchev–Trinajstić information content (AvgIpc) is 2.17. The van der Waals surface area contributed by atoms with Gasteiger partial charge in [-0.1, -0.05) is 19.8 Å². The number of hydrogen-bond donors (Lipinski definition) is 2. The minimum atomic E-state index is -0.634. The Morgan fingerprint density at radius 3 is 2.73 bits per heavy atom. The van der Waals surface area contributed by atoms with Crippen LogP contribution in [0.5, 0.6) is 0 Å². The lowest BCUT2D eigenvalue weighted by Crippen LogP contribution is -2.29. The molecule has 2 N–H and O–H groups in total. The highest BCUT2D eigenvalue weighted by molar-refractivity contribution is 5.69. The van der Waals surface area contributed by atoms with E-state index in [1.807, 2.05) is 0 Å². The van der Waals surface area contributed by atoms with Crippen LogP contribution >= 0.6 is 0 Å². The summed E-state index contributed by atoms with van der Waals surface area (Å²) in [6, 6.07) is 0. The molecule has 4 heteroatoms. The van der Waals surface area contributed by atoms with Gasteiger partial charge in [0.25, 0.3) is 0 Å². The Bertz CT molecular complexity index is 162. The Kier molecular flexibility index (Phi) is 9.52. The summed E-state index contributed by atoms with van der Waals surface area (Å²) in [5.74, 6) is -0.333. The van der Waals surface area contributed by atoms with Crippen molar-refractivity contribution in [2.24, 2.45) is 0 Å². The zero-order chi connectivity index (χ0) is 11.5. The largest absolute Gasteiger partial charge is 0.466 e. The summed E-state index contributed by atoms with van der Waals surface area (Å²) < 4.78 is 4.73. The Labute approximate surface area is 92.0 Å². The molecule has 0 saturated heterocycles. The Hall–Kier alpha value is -0.610. The number of aliphatic hydroxyl groups excluding tert-OH is 1. The molecule has 0 aromatic rings. The van der Waals surface area contributed by atoms with Crippen molar-refractivity contribution in [2.45, 2.75) is 45.6 Å². The average molecular weight is 217 g/mol. The molecule has 0 amide bonds. The van der Waals surface area contributed by atoms with E-state index in [1.54, 1.807) is 6.92 Å². The van der Waals surface area contributed by atoms with Crippen LogP contribution in [-0.2, 0) is 9.53 Å². The number of carbonyl (C=O) groups excluding carboxylic acids is 1. The predicted molar refractivity (Wildman–Crippen MR) is 59.7 cm³/mol. The van der Waals surface area contributed by atoms with Gasteiger partial charge < -0.3 is 15.2 Å². The summed E-state index contributed by atoms with van der Waals surface area (Å²) in [5.41, 5.74) is 0. The molecule has 0 aliphatic heterocycles. The number of ether oxygens (including phenoxy) is 1. The molecule has 1 unspecified atom stereocenters. The van der Waals surface area contributed by atoms with Gasteiger partial charge in [-0.3, -0.25) is 4.79 Å². The van der Waals surface area contributed by atoms with E-state index in [-0.39, 0.29) is 12.4 Å². The third-order valence-corrected chi connectivity index (χ3v) is 2.04. The molecule has 0 aliphatic carbocycles. The van der Waals surface area contributed by atoms with Crippen molar-refractivity contribution in [1.82, 2.24) is 5.32 Å². The first-order valence-electron chi connectivity index (χ1n) is 5.75. The standard InChI is InChI=1S/C11H23NO3/c1-3-5-6-7-12-9-10(13)8-11(14)15-4-2/h10,12-13H,3-9H2,1-2H3. The Morgan fingerprint density at radius 2 is 2.13 bits per heavy atom. The van der Waals surface area contributed by atoms with Crippen LogP contribution in [0, 0.1) is 0 Å². The lowest BCUT2D eigenvalue weighted by Gasteiger charge is -2.10. The van der Waals surface area contributed by atoms with E-state index in [0.717, 1.165) is 13.0 Å². The van der Waals surface area contributed by atoms with Crippen molar-refractivity contribution in [1.29, 1.82) is 0 Å². The van der Waals surface area contributed by atoms with E-state index in [4.69, 9.17) is 4.74 Å². The van der Waals surface area contributed by atoms with Gasteiger partial charge in [-0.15, -0.1) is 0 Å². The highest BCUT2D eigenvalue weighted by Crippen LogP contribution is 1.95. The van der Waals surface area contributed by atoms with Crippen LogP contribution in [0.15, 0.2) is 0 Å². The number of nitrogens with one attached hydrogen (secondary N) is 1. The van der Waals surface area contributed by atoms with Crippen molar-refractivity contribution in [2.75, 3.05) is 19.7 Å². The molecule has 0 rings (SSSR count). The SMILES string of the molecule is CCCCCNCC(O)CC(=O)OCC. The van der Waals surface area contributed by atoms with Gasteiger partial charge in [0, 0.05) is 6.54 Å². The first-order valence-corrected chi connectivity index (χ1v) is 5.75. The molecular weight excluding hydrogens is 194 g/mol. The lowest BCUT2D eigenvalue weighted by atomic mass is 10.2. The number of esters is 1. The summed E-state index contributed by atoms with van der Waals surface area (Å²) in [7, 11) is 0. The Balaban J connectivity index is 3.32. The van der Waals surface area contributed by atoms with Gasteiger partial charge in [0.1, 0.15) is 0 Å². The van der Waals surface area contributed by atoms with E-state index in [9.17, 15) is 9.90 Å². The van der Waals surface area contributed by atoms with Crippen molar-refractivity contribution in [3.05, 3.63) is 0 Å². The second-order valence-corrected chi connectivity index (χ2v) is 3.57. The van der Waals surface area contributed by atoms with Gasteiger partial charge in [0.2, 0.25) is 0 Å². The van der Waals surface area contributed by atoms with Crippen LogP contribution in [0.2, 0.25) is 0 Å². The normalized spacial score (nSPS) is 12.5. The molecule has 0 heterocycles. The van der Waals surface area contributed by atoms with Crippen LogP contribution in [0.4, 0.5) is 0 Å². The van der Waals surface area contributed by atoms with Gasteiger partial charge in [0.15, 0.2) is 0 Å². The third-order valence-electron chi connectivity index (χ3n) is 2.04. The minimum Gasteiger partial charge on any atom is -0.466 e. The van der Waals surface area contributed by atoms with Gasteiger partial charge in [0.05, 0.1) is 19.1 Å². The van der Waals surface area contributed by atoms with E-state index in [1.165, 1.54) is 12.8 Å². The lowest BCUT2D eigenvalue weighted by molar-refractivity contribution is -0.145. The summed E-state index contributed by atoms with van der Waals surface area (Å²) in [6.07, 6.45) is 2.94. The van der Waals surface area contributed by atoms with E-state index in [2.05, 4.69) is 12.2 Å². The van der Waals surface area contributed by atoms with Crippen LogP contribution in [0.3, 0.4) is 0 Å². The second-order valence-electron chi connectivity index (χ2n) is 3.57. The van der Waals surface area contributed by atoms with Gasteiger partial charge >= 0.3 is 5.97 Å².